The van der Waals surface area contributed by atoms with E-state index in [9.17, 15) is 14.4 Å². The van der Waals surface area contributed by atoms with E-state index in [0.717, 1.165) is 25.3 Å². The number of amides is 2. The van der Waals surface area contributed by atoms with E-state index in [0.29, 0.717) is 29.8 Å². The molecule has 1 saturated heterocycles. The molecule has 164 valence electrons. The van der Waals surface area contributed by atoms with E-state index in [1.807, 2.05) is 12.1 Å². The number of benzene rings is 2. The number of nitrogens with two attached hydrogens (primary N) is 1. The number of hydrogen-bond donors (Lipinski definition) is 2. The molecule has 8 heteroatoms. The summed E-state index contributed by atoms with van der Waals surface area (Å²) in [5, 5.41) is 2.85. The van der Waals surface area contributed by atoms with Gasteiger partial charge in [-0.05, 0) is 55.5 Å². The molecule has 8 nitrogen and oxygen atoms in total. The lowest BCUT2D eigenvalue weighted by Gasteiger charge is -2.41. The lowest BCUT2D eigenvalue weighted by Crippen LogP contribution is -2.52. The molecular formula is C23H28N4O4. The zero-order valence-electron chi connectivity index (χ0n) is 17.8. The smallest absolute Gasteiger partial charge is 0.337 e. The molecule has 3 rings (SSSR count). The second-order valence-corrected chi connectivity index (χ2v) is 7.61. The van der Waals surface area contributed by atoms with Gasteiger partial charge >= 0.3 is 5.97 Å². The van der Waals surface area contributed by atoms with Gasteiger partial charge in [0.1, 0.15) is 0 Å². The summed E-state index contributed by atoms with van der Waals surface area (Å²) in [6.45, 7) is 5.35. The van der Waals surface area contributed by atoms with Gasteiger partial charge in [0.05, 0.1) is 12.7 Å². The molecular weight excluding hydrogens is 396 g/mol. The van der Waals surface area contributed by atoms with Gasteiger partial charge in [-0.2, -0.15) is 0 Å². The summed E-state index contributed by atoms with van der Waals surface area (Å²) < 4.78 is 4.74. The van der Waals surface area contributed by atoms with Gasteiger partial charge in [0.15, 0.2) is 0 Å². The number of carbonyl (C=O) groups is 3. The maximum Gasteiger partial charge on any atom is 0.337 e. The van der Waals surface area contributed by atoms with Crippen LogP contribution >= 0.6 is 0 Å². The predicted octanol–water partition coefficient (Wildman–Crippen LogP) is 2.11. The number of piperazine rings is 1. The molecule has 0 aliphatic carbocycles. The van der Waals surface area contributed by atoms with Crippen LogP contribution in [0.15, 0.2) is 48.5 Å². The highest BCUT2D eigenvalue weighted by Crippen LogP contribution is 2.20. The predicted molar refractivity (Wildman–Crippen MR) is 119 cm³/mol. The Bertz CT molecular complexity index is 928. The summed E-state index contributed by atoms with van der Waals surface area (Å²) in [5.41, 5.74) is 7.88. The van der Waals surface area contributed by atoms with Crippen molar-refractivity contribution >= 4 is 29.2 Å². The average molecular weight is 425 g/mol. The lowest BCUT2D eigenvalue weighted by molar-refractivity contribution is -0.116. The summed E-state index contributed by atoms with van der Waals surface area (Å²) in [5.74, 6) is -0.905. The van der Waals surface area contributed by atoms with Crippen LogP contribution in [0.3, 0.4) is 0 Å². The number of anilines is 2. The Balaban J connectivity index is 1.47. The molecule has 1 aliphatic heterocycles. The molecule has 1 unspecified atom stereocenters. The Morgan fingerprint density at radius 3 is 2.26 bits per heavy atom. The van der Waals surface area contributed by atoms with Crippen molar-refractivity contribution in [3.63, 3.8) is 0 Å². The van der Waals surface area contributed by atoms with E-state index in [1.54, 1.807) is 36.4 Å². The molecule has 31 heavy (non-hydrogen) atoms. The number of methoxy groups -OCH3 is 1. The highest BCUT2D eigenvalue weighted by atomic mass is 16.5. The summed E-state index contributed by atoms with van der Waals surface area (Å²) in [6.07, 6.45) is 0.385. The van der Waals surface area contributed by atoms with Crippen LogP contribution in [-0.2, 0) is 9.53 Å². The first-order valence-corrected chi connectivity index (χ1v) is 10.2. The van der Waals surface area contributed by atoms with Crippen LogP contribution in [-0.4, -0.2) is 62.0 Å². The first-order chi connectivity index (χ1) is 14.9. The highest BCUT2D eigenvalue weighted by molar-refractivity contribution is 5.94. The maximum absolute atomic E-state index is 12.3. The second-order valence-electron chi connectivity index (χ2n) is 7.61. The van der Waals surface area contributed by atoms with Crippen LogP contribution in [0.1, 0.15) is 34.1 Å². The van der Waals surface area contributed by atoms with Crippen LogP contribution in [0.2, 0.25) is 0 Å². The van der Waals surface area contributed by atoms with Crippen molar-refractivity contribution in [2.75, 3.05) is 43.5 Å². The highest BCUT2D eigenvalue weighted by Gasteiger charge is 2.24. The minimum atomic E-state index is -0.495. The van der Waals surface area contributed by atoms with E-state index in [2.05, 4.69) is 22.0 Å². The summed E-state index contributed by atoms with van der Waals surface area (Å²) in [7, 11) is 1.37. The van der Waals surface area contributed by atoms with E-state index in [-0.39, 0.29) is 17.9 Å². The quantitative estimate of drug-likeness (QED) is 0.660. The third kappa shape index (κ3) is 5.82. The van der Waals surface area contributed by atoms with Crippen molar-refractivity contribution in [2.24, 2.45) is 5.73 Å². The Morgan fingerprint density at radius 1 is 1.03 bits per heavy atom. The first kappa shape index (κ1) is 22.3. The van der Waals surface area contributed by atoms with Crippen molar-refractivity contribution in [1.29, 1.82) is 0 Å². The molecule has 0 bridgehead atoms. The molecule has 1 aliphatic rings. The largest absolute Gasteiger partial charge is 0.465 e. The van der Waals surface area contributed by atoms with Crippen LogP contribution in [0.5, 0.6) is 0 Å². The SMILES string of the molecule is COC(=O)c1ccc(N2CCN(CCC(=O)Nc3ccc(C(N)=O)cc3)C(C)C2)cc1. The monoisotopic (exact) mass is 424 g/mol. The Morgan fingerprint density at radius 2 is 1.68 bits per heavy atom. The van der Waals surface area contributed by atoms with Gasteiger partial charge in [-0.3, -0.25) is 14.5 Å². The number of nitrogens with zero attached hydrogens (tertiary/aromatic N) is 2. The van der Waals surface area contributed by atoms with Gasteiger partial charge in [0.2, 0.25) is 11.8 Å². The van der Waals surface area contributed by atoms with Crippen LogP contribution in [0.25, 0.3) is 0 Å². The molecule has 0 aromatic heterocycles. The van der Waals surface area contributed by atoms with Gasteiger partial charge < -0.3 is 20.7 Å². The molecule has 0 saturated carbocycles. The van der Waals surface area contributed by atoms with Gasteiger partial charge in [-0.1, -0.05) is 0 Å². The zero-order chi connectivity index (χ0) is 22.4. The second kappa shape index (κ2) is 10.1. The lowest BCUT2D eigenvalue weighted by atomic mass is 10.1. The van der Waals surface area contributed by atoms with E-state index >= 15 is 0 Å². The topological polar surface area (TPSA) is 105 Å². The zero-order valence-corrected chi connectivity index (χ0v) is 17.8. The Kier molecular flexibility index (Phi) is 7.25. The number of primary amides is 1. The molecule has 2 aromatic rings. The van der Waals surface area contributed by atoms with Crippen LogP contribution in [0, 0.1) is 0 Å². The molecule has 2 aromatic carbocycles. The maximum atomic E-state index is 12.3. The molecule has 2 amide bonds. The minimum absolute atomic E-state index is 0.0696. The van der Waals surface area contributed by atoms with E-state index < -0.39 is 5.91 Å². The summed E-state index contributed by atoms with van der Waals surface area (Å²) in [4.78, 5) is 39.6. The summed E-state index contributed by atoms with van der Waals surface area (Å²) in [6, 6.07) is 14.2. The summed E-state index contributed by atoms with van der Waals surface area (Å²) >= 11 is 0. The Labute approximate surface area is 182 Å². The van der Waals surface area contributed by atoms with E-state index in [1.165, 1.54) is 7.11 Å². The molecule has 1 heterocycles. The molecule has 0 spiro atoms. The van der Waals surface area contributed by atoms with Gasteiger partial charge in [-0.25, -0.2) is 4.79 Å². The Hall–Kier alpha value is -3.39. The van der Waals surface area contributed by atoms with Crippen molar-refractivity contribution in [1.82, 2.24) is 4.90 Å². The fourth-order valence-corrected chi connectivity index (χ4v) is 3.67. The van der Waals surface area contributed by atoms with E-state index in [4.69, 9.17) is 10.5 Å². The molecule has 0 radical (unpaired) electrons. The number of ether oxygens (including phenoxy) is 1. The molecule has 1 atom stereocenters. The average Bonchev–Trinajstić information content (AvgIpc) is 2.78. The number of esters is 1. The fourth-order valence-electron chi connectivity index (χ4n) is 3.67. The third-order valence-electron chi connectivity index (χ3n) is 5.50. The number of rotatable bonds is 7. The van der Waals surface area contributed by atoms with Crippen molar-refractivity contribution < 1.29 is 19.1 Å². The van der Waals surface area contributed by atoms with Gasteiger partial charge in [-0.15, -0.1) is 0 Å². The molecule has 3 N–H and O–H groups in total. The first-order valence-electron chi connectivity index (χ1n) is 10.2. The number of carbonyl (C=O) groups excluding carboxylic acids is 3. The molecule has 1 fully saturated rings. The normalized spacial score (nSPS) is 16.6. The number of nitrogens with one attached hydrogen (secondary N) is 1. The third-order valence-corrected chi connectivity index (χ3v) is 5.50. The van der Waals surface area contributed by atoms with Gasteiger partial charge in [0.25, 0.3) is 0 Å². The van der Waals surface area contributed by atoms with Crippen LogP contribution in [0.4, 0.5) is 11.4 Å². The minimum Gasteiger partial charge on any atom is -0.465 e. The fraction of sp³-hybridized carbons (Fsp3) is 0.348. The van der Waals surface area contributed by atoms with Gasteiger partial charge in [0, 0.05) is 55.6 Å². The van der Waals surface area contributed by atoms with Crippen LogP contribution < -0.4 is 16.0 Å². The van der Waals surface area contributed by atoms with Crippen molar-refractivity contribution in [2.45, 2.75) is 19.4 Å². The standard InChI is InChI=1S/C23H28N4O4/c1-16-15-27(20-9-5-18(6-10-20)23(30)31-2)14-13-26(16)12-11-21(28)25-19-7-3-17(4-8-19)22(24)29/h3-10,16H,11-15H2,1-2H3,(H2,24,29)(H,25,28). The van der Waals surface area contributed by atoms with Crippen molar-refractivity contribution in [3.8, 4) is 0 Å². The number of hydrogen-bond acceptors (Lipinski definition) is 6. The van der Waals surface area contributed by atoms with Crippen molar-refractivity contribution in [3.05, 3.63) is 59.7 Å².